The number of likely N-dealkylation sites (tertiary alicyclic amines) is 1. The van der Waals surface area contributed by atoms with E-state index in [1.165, 1.54) is 4.90 Å². The Morgan fingerprint density at radius 3 is 2.32 bits per heavy atom. The first-order valence-corrected chi connectivity index (χ1v) is 6.52. The van der Waals surface area contributed by atoms with Gasteiger partial charge >= 0.3 is 5.97 Å². The van der Waals surface area contributed by atoms with Gasteiger partial charge in [0, 0.05) is 7.05 Å². The van der Waals surface area contributed by atoms with E-state index >= 15 is 0 Å². The van der Waals surface area contributed by atoms with Gasteiger partial charge in [0.25, 0.3) is 0 Å². The van der Waals surface area contributed by atoms with Gasteiger partial charge in [-0.1, -0.05) is 6.92 Å². The minimum atomic E-state index is -1.06. The van der Waals surface area contributed by atoms with Gasteiger partial charge in [0.05, 0.1) is 12.5 Å². The number of amides is 1. The van der Waals surface area contributed by atoms with Crippen LogP contribution in [0.1, 0.15) is 27.7 Å². The van der Waals surface area contributed by atoms with Gasteiger partial charge < -0.3 is 19.1 Å². The average molecular weight is 269 g/mol. The third-order valence-electron chi connectivity index (χ3n) is 4.82. The maximum absolute atomic E-state index is 12.4. The lowest BCUT2D eigenvalue weighted by Crippen LogP contribution is -2.78. The van der Waals surface area contributed by atoms with Crippen molar-refractivity contribution in [1.82, 2.24) is 4.90 Å². The number of esters is 1. The predicted molar refractivity (Wildman–Crippen MR) is 64.1 cm³/mol. The summed E-state index contributed by atoms with van der Waals surface area (Å²) in [6.45, 7) is 7.38. The molecule has 3 aliphatic heterocycles. The molecule has 3 rings (SSSR count). The maximum Gasteiger partial charge on any atom is 0.339 e. The van der Waals surface area contributed by atoms with Crippen molar-refractivity contribution in [2.45, 2.75) is 50.7 Å². The van der Waals surface area contributed by atoms with Gasteiger partial charge in [-0.15, -0.1) is 0 Å². The molecule has 0 unspecified atom stereocenters. The van der Waals surface area contributed by atoms with E-state index in [4.69, 9.17) is 14.2 Å². The minimum absolute atomic E-state index is 0.107. The molecule has 3 saturated heterocycles. The third kappa shape index (κ3) is 1.15. The highest BCUT2D eigenvalue weighted by molar-refractivity contribution is 5.99. The van der Waals surface area contributed by atoms with Crippen LogP contribution < -0.4 is 0 Å². The smallest absolute Gasteiger partial charge is 0.339 e. The van der Waals surface area contributed by atoms with Gasteiger partial charge in [0.2, 0.25) is 11.4 Å². The molecule has 0 aromatic rings. The molecule has 0 aliphatic carbocycles. The summed E-state index contributed by atoms with van der Waals surface area (Å²) in [6, 6.07) is 0. The van der Waals surface area contributed by atoms with Crippen LogP contribution in [0.2, 0.25) is 0 Å². The summed E-state index contributed by atoms with van der Waals surface area (Å²) in [4.78, 5) is 26.0. The lowest BCUT2D eigenvalue weighted by Gasteiger charge is -2.53. The molecule has 6 heteroatoms. The van der Waals surface area contributed by atoms with Gasteiger partial charge in [0.15, 0.2) is 5.79 Å². The fourth-order valence-corrected chi connectivity index (χ4v) is 3.83. The third-order valence-corrected chi connectivity index (χ3v) is 4.82. The molecule has 0 saturated carbocycles. The molecule has 19 heavy (non-hydrogen) atoms. The highest BCUT2D eigenvalue weighted by atomic mass is 16.8. The summed E-state index contributed by atoms with van der Waals surface area (Å²) < 4.78 is 16.9. The maximum atomic E-state index is 12.4. The Hall–Kier alpha value is -1.14. The van der Waals surface area contributed by atoms with E-state index in [-0.39, 0.29) is 12.5 Å². The summed E-state index contributed by atoms with van der Waals surface area (Å²) in [7, 11) is 1.64. The van der Waals surface area contributed by atoms with Crippen molar-refractivity contribution in [2.24, 2.45) is 5.92 Å². The topological polar surface area (TPSA) is 65.1 Å². The van der Waals surface area contributed by atoms with Gasteiger partial charge in [-0.05, 0) is 20.8 Å². The van der Waals surface area contributed by atoms with Gasteiger partial charge in [0.1, 0.15) is 11.7 Å². The van der Waals surface area contributed by atoms with Crippen molar-refractivity contribution in [3.05, 3.63) is 0 Å². The quantitative estimate of drug-likeness (QED) is 0.592. The molecule has 0 aromatic heterocycles. The fourth-order valence-electron chi connectivity index (χ4n) is 3.83. The summed E-state index contributed by atoms with van der Waals surface area (Å²) in [5.74, 6) is -1.75. The number of nitrogens with zero attached hydrogens (tertiary/aromatic N) is 1. The number of likely N-dealkylation sites (N-methyl/N-ethyl adjacent to an activating group) is 1. The fraction of sp³-hybridized carbons (Fsp3) is 0.846. The number of cyclic esters (lactones) is 1. The zero-order valence-electron chi connectivity index (χ0n) is 11.9. The van der Waals surface area contributed by atoms with Gasteiger partial charge in [-0.25, -0.2) is 4.79 Å². The standard InChI is InChI=1S/C13H19NO5/c1-7-9(15)14(5)13(8(2)18-10(13)16)12(7)6-17-11(3,4)19-12/h7-8H,6H2,1-5H3/t7-,8+,12-,13+/m0/s1. The van der Waals surface area contributed by atoms with Crippen LogP contribution in [0.15, 0.2) is 0 Å². The first-order chi connectivity index (χ1) is 8.69. The lowest BCUT2D eigenvalue weighted by molar-refractivity contribution is -0.249. The summed E-state index contributed by atoms with van der Waals surface area (Å²) in [6.07, 6.45) is -0.392. The van der Waals surface area contributed by atoms with Crippen molar-refractivity contribution in [1.29, 1.82) is 0 Å². The molecule has 0 N–H and O–H groups in total. The van der Waals surface area contributed by atoms with Crippen molar-refractivity contribution in [2.75, 3.05) is 13.7 Å². The molecule has 3 fully saturated rings. The Morgan fingerprint density at radius 2 is 1.89 bits per heavy atom. The number of carbonyl (C=O) groups excluding carboxylic acids is 2. The normalized spacial score (nSPS) is 47.9. The molecule has 0 radical (unpaired) electrons. The Balaban J connectivity index is 2.16. The van der Waals surface area contributed by atoms with Crippen LogP contribution in [0.3, 0.4) is 0 Å². The molecule has 2 spiro atoms. The number of rotatable bonds is 0. The highest BCUT2D eigenvalue weighted by Gasteiger charge is 2.81. The largest absolute Gasteiger partial charge is 0.457 e. The molecule has 0 aromatic carbocycles. The summed E-state index contributed by atoms with van der Waals surface area (Å²) >= 11 is 0. The molecule has 106 valence electrons. The first kappa shape index (κ1) is 12.9. The number of ether oxygens (including phenoxy) is 3. The van der Waals surface area contributed by atoms with Crippen LogP contribution in [0.25, 0.3) is 0 Å². The summed E-state index contributed by atoms with van der Waals surface area (Å²) in [5.41, 5.74) is -2.02. The van der Waals surface area contributed by atoms with E-state index < -0.39 is 34.9 Å². The zero-order valence-corrected chi connectivity index (χ0v) is 11.9. The van der Waals surface area contributed by atoms with Crippen molar-refractivity contribution >= 4 is 11.9 Å². The van der Waals surface area contributed by atoms with E-state index in [0.717, 1.165) is 0 Å². The second-order valence-electron chi connectivity index (χ2n) is 6.11. The van der Waals surface area contributed by atoms with Crippen LogP contribution in [0.4, 0.5) is 0 Å². The second kappa shape index (κ2) is 3.30. The van der Waals surface area contributed by atoms with E-state index in [1.54, 1.807) is 34.7 Å². The molecule has 4 atom stereocenters. The zero-order chi connectivity index (χ0) is 14.2. The Bertz CT molecular complexity index is 476. The minimum Gasteiger partial charge on any atom is -0.457 e. The SMILES string of the molecule is C[C@H]1C(=O)N(C)[C@]2(C(=O)O[C@@H]2C)[C@]12COC(C)(C)O2. The molecule has 3 aliphatic rings. The van der Waals surface area contributed by atoms with Crippen molar-refractivity contribution in [3.63, 3.8) is 0 Å². The van der Waals surface area contributed by atoms with Crippen LogP contribution in [-0.4, -0.2) is 53.5 Å². The average Bonchev–Trinajstić information content (AvgIpc) is 2.71. The number of fused-ring (bicyclic) bond motifs is 1. The predicted octanol–water partition coefficient (Wildman–Crippen LogP) is 0.300. The Morgan fingerprint density at radius 1 is 1.26 bits per heavy atom. The monoisotopic (exact) mass is 269 g/mol. The van der Waals surface area contributed by atoms with Crippen LogP contribution in [0.5, 0.6) is 0 Å². The van der Waals surface area contributed by atoms with Gasteiger partial charge in [-0.2, -0.15) is 0 Å². The number of hydrogen-bond donors (Lipinski definition) is 0. The van der Waals surface area contributed by atoms with Crippen LogP contribution in [-0.2, 0) is 23.8 Å². The van der Waals surface area contributed by atoms with E-state index in [0.29, 0.717) is 0 Å². The molecule has 1 amide bonds. The highest BCUT2D eigenvalue weighted by Crippen LogP contribution is 2.56. The van der Waals surface area contributed by atoms with Crippen LogP contribution >= 0.6 is 0 Å². The Labute approximate surface area is 112 Å². The van der Waals surface area contributed by atoms with E-state index in [1.807, 2.05) is 0 Å². The first-order valence-electron chi connectivity index (χ1n) is 6.52. The van der Waals surface area contributed by atoms with E-state index in [9.17, 15) is 9.59 Å². The van der Waals surface area contributed by atoms with Crippen molar-refractivity contribution in [3.8, 4) is 0 Å². The molecular weight excluding hydrogens is 250 g/mol. The lowest BCUT2D eigenvalue weighted by atomic mass is 9.70. The molecule has 3 heterocycles. The van der Waals surface area contributed by atoms with E-state index in [2.05, 4.69) is 0 Å². The molecule has 0 bridgehead atoms. The van der Waals surface area contributed by atoms with Crippen molar-refractivity contribution < 1.29 is 23.8 Å². The Kier molecular flexibility index (Phi) is 2.23. The van der Waals surface area contributed by atoms with Crippen LogP contribution in [0, 0.1) is 5.92 Å². The molecule has 6 nitrogen and oxygen atoms in total. The number of hydrogen-bond acceptors (Lipinski definition) is 5. The summed E-state index contributed by atoms with van der Waals surface area (Å²) in [5, 5.41) is 0. The number of carbonyl (C=O) groups is 2. The molecular formula is C13H19NO5. The second-order valence-corrected chi connectivity index (χ2v) is 6.11. The van der Waals surface area contributed by atoms with Gasteiger partial charge in [-0.3, -0.25) is 4.79 Å².